The van der Waals surface area contributed by atoms with Gasteiger partial charge in [-0.2, -0.15) is 26.3 Å². The van der Waals surface area contributed by atoms with Crippen molar-refractivity contribution in [1.82, 2.24) is 14.6 Å². The average molecular weight is 409 g/mol. The number of carbonyl (C=O) groups is 1. The third-order valence-electron chi connectivity index (χ3n) is 5.15. The Hall–Kier alpha value is -2.46. The van der Waals surface area contributed by atoms with E-state index in [0.717, 1.165) is 0 Å². The molecule has 0 spiro atoms. The monoisotopic (exact) mass is 409 g/mol. The highest BCUT2D eigenvalue weighted by Gasteiger charge is 2.72. The van der Waals surface area contributed by atoms with Crippen molar-refractivity contribution in [2.24, 2.45) is 5.41 Å². The van der Waals surface area contributed by atoms with E-state index in [4.69, 9.17) is 4.52 Å². The number of halogens is 6. The van der Waals surface area contributed by atoms with Gasteiger partial charge in [-0.05, 0) is 33.3 Å². The van der Waals surface area contributed by atoms with Crippen molar-refractivity contribution in [3.63, 3.8) is 0 Å². The number of amides is 1. The van der Waals surface area contributed by atoms with Gasteiger partial charge in [0, 0.05) is 30.5 Å². The average Bonchev–Trinajstić information content (AvgIpc) is 3.23. The molecule has 1 aliphatic rings. The van der Waals surface area contributed by atoms with Gasteiger partial charge in [0.2, 0.25) is 0 Å². The minimum absolute atomic E-state index is 0.0262. The number of aryl methyl sites for hydroxylation is 2. The van der Waals surface area contributed by atoms with E-state index in [1.165, 1.54) is 6.07 Å². The SMILES string of the molecule is Cc1cc(-n2c(C)cc(C(=O)N3CCC(C(F)(F)F)(C(F)(F)F)C3)c2C)no1. The predicted molar refractivity (Wildman–Crippen MR) is 85.1 cm³/mol. The maximum Gasteiger partial charge on any atom is 0.404 e. The summed E-state index contributed by atoms with van der Waals surface area (Å²) in [5.41, 5.74) is -2.98. The van der Waals surface area contributed by atoms with Crippen LogP contribution in [0, 0.1) is 26.2 Å². The first kappa shape index (κ1) is 20.3. The molecule has 5 nitrogen and oxygen atoms in total. The van der Waals surface area contributed by atoms with Crippen LogP contribution in [-0.4, -0.2) is 46.0 Å². The molecule has 2 aromatic heterocycles. The van der Waals surface area contributed by atoms with Gasteiger partial charge in [0.05, 0.1) is 5.56 Å². The molecule has 0 saturated carbocycles. The Morgan fingerprint density at radius 1 is 1.11 bits per heavy atom. The molecule has 0 radical (unpaired) electrons. The summed E-state index contributed by atoms with van der Waals surface area (Å²) in [6.45, 7) is 2.76. The largest absolute Gasteiger partial charge is 0.404 e. The molecule has 0 N–H and O–H groups in total. The lowest BCUT2D eigenvalue weighted by molar-refractivity contribution is -0.334. The molecule has 3 heterocycles. The zero-order chi connectivity index (χ0) is 21.1. The molecule has 0 bridgehead atoms. The van der Waals surface area contributed by atoms with E-state index in [-0.39, 0.29) is 5.56 Å². The molecule has 0 aliphatic carbocycles. The summed E-state index contributed by atoms with van der Waals surface area (Å²) in [6, 6.07) is 3.02. The summed E-state index contributed by atoms with van der Waals surface area (Å²) in [7, 11) is 0. The van der Waals surface area contributed by atoms with Crippen LogP contribution in [0.5, 0.6) is 0 Å². The summed E-state index contributed by atoms with van der Waals surface area (Å²) in [6.07, 6.45) is -12.2. The molecule has 1 fully saturated rings. The first-order chi connectivity index (χ1) is 12.8. The quantitative estimate of drug-likeness (QED) is 0.694. The topological polar surface area (TPSA) is 51.3 Å². The van der Waals surface area contributed by atoms with Gasteiger partial charge in [0.1, 0.15) is 5.76 Å². The molecule has 3 rings (SSSR count). The second kappa shape index (κ2) is 6.28. The van der Waals surface area contributed by atoms with E-state index in [1.54, 1.807) is 31.4 Å². The van der Waals surface area contributed by atoms with Gasteiger partial charge >= 0.3 is 12.4 Å². The van der Waals surface area contributed by atoms with Crippen LogP contribution in [0.3, 0.4) is 0 Å². The molecular formula is C17H17F6N3O2. The molecule has 11 heteroatoms. The molecule has 0 atom stereocenters. The first-order valence-electron chi connectivity index (χ1n) is 8.34. The third kappa shape index (κ3) is 2.96. The summed E-state index contributed by atoms with van der Waals surface area (Å²) in [5, 5.41) is 3.83. The molecule has 1 aliphatic heterocycles. The van der Waals surface area contributed by atoms with Gasteiger partial charge in [0.25, 0.3) is 5.91 Å². The van der Waals surface area contributed by atoms with Crippen molar-refractivity contribution in [2.45, 2.75) is 39.5 Å². The Labute approximate surface area is 155 Å². The van der Waals surface area contributed by atoms with Gasteiger partial charge in [-0.3, -0.25) is 9.36 Å². The molecule has 0 aromatic carbocycles. The lowest BCUT2D eigenvalue weighted by atomic mass is 9.85. The summed E-state index contributed by atoms with van der Waals surface area (Å²) in [4.78, 5) is 13.4. The highest BCUT2D eigenvalue weighted by molar-refractivity contribution is 5.96. The predicted octanol–water partition coefficient (Wildman–Crippen LogP) is 4.35. The van der Waals surface area contributed by atoms with E-state index in [0.29, 0.717) is 27.9 Å². The molecule has 2 aromatic rings. The first-order valence-corrected chi connectivity index (χ1v) is 8.34. The van der Waals surface area contributed by atoms with Crippen LogP contribution in [-0.2, 0) is 0 Å². The number of aromatic nitrogens is 2. The maximum absolute atomic E-state index is 13.2. The Bertz CT molecular complexity index is 895. The van der Waals surface area contributed by atoms with Crippen LogP contribution in [0.15, 0.2) is 16.7 Å². The van der Waals surface area contributed by atoms with E-state index < -0.39 is 43.2 Å². The fourth-order valence-electron chi connectivity index (χ4n) is 3.57. The second-order valence-corrected chi connectivity index (χ2v) is 6.97. The second-order valence-electron chi connectivity index (χ2n) is 6.97. The fourth-order valence-corrected chi connectivity index (χ4v) is 3.57. The number of carbonyl (C=O) groups excluding carboxylic acids is 1. The Kier molecular flexibility index (Phi) is 4.55. The zero-order valence-electron chi connectivity index (χ0n) is 15.2. The van der Waals surface area contributed by atoms with Gasteiger partial charge in [-0.15, -0.1) is 0 Å². The number of nitrogens with zero attached hydrogens (tertiary/aromatic N) is 3. The standard InChI is InChI=1S/C17H17F6N3O2/c1-9-6-12(11(3)26(9)13-7-10(2)28-24-13)14(27)25-5-4-15(8-25,16(18,19)20)17(21,22)23/h6-7H,4-5,8H2,1-3H3. The van der Waals surface area contributed by atoms with Gasteiger partial charge in [0.15, 0.2) is 11.2 Å². The van der Waals surface area contributed by atoms with Crippen molar-refractivity contribution < 1.29 is 35.7 Å². The van der Waals surface area contributed by atoms with Crippen LogP contribution in [0.4, 0.5) is 26.3 Å². The number of hydrogen-bond acceptors (Lipinski definition) is 3. The van der Waals surface area contributed by atoms with E-state index in [2.05, 4.69) is 5.16 Å². The number of rotatable bonds is 2. The van der Waals surface area contributed by atoms with Crippen LogP contribution in [0.25, 0.3) is 5.82 Å². The van der Waals surface area contributed by atoms with Crippen molar-refractivity contribution in [3.05, 3.63) is 34.8 Å². The Morgan fingerprint density at radius 3 is 2.18 bits per heavy atom. The van der Waals surface area contributed by atoms with Crippen LogP contribution >= 0.6 is 0 Å². The number of alkyl halides is 6. The lowest BCUT2D eigenvalue weighted by Gasteiger charge is -2.33. The molecule has 154 valence electrons. The van der Waals surface area contributed by atoms with Crippen molar-refractivity contribution in [1.29, 1.82) is 0 Å². The third-order valence-corrected chi connectivity index (χ3v) is 5.15. The van der Waals surface area contributed by atoms with Gasteiger partial charge < -0.3 is 9.42 Å². The summed E-state index contributed by atoms with van der Waals surface area (Å²) >= 11 is 0. The molecule has 1 saturated heterocycles. The molecule has 0 unspecified atom stereocenters. The van der Waals surface area contributed by atoms with Gasteiger partial charge in [-0.1, -0.05) is 5.16 Å². The van der Waals surface area contributed by atoms with E-state index in [9.17, 15) is 31.1 Å². The lowest BCUT2D eigenvalue weighted by Crippen LogP contribution is -2.52. The molecule has 28 heavy (non-hydrogen) atoms. The van der Waals surface area contributed by atoms with Crippen molar-refractivity contribution in [3.8, 4) is 5.82 Å². The van der Waals surface area contributed by atoms with Crippen molar-refractivity contribution in [2.75, 3.05) is 13.1 Å². The normalized spacial score (nSPS) is 17.4. The molecular weight excluding hydrogens is 392 g/mol. The minimum atomic E-state index is -5.50. The Balaban J connectivity index is 1.94. The summed E-state index contributed by atoms with van der Waals surface area (Å²) < 4.78 is 86.0. The smallest absolute Gasteiger partial charge is 0.360 e. The van der Waals surface area contributed by atoms with Crippen LogP contribution in [0.2, 0.25) is 0 Å². The van der Waals surface area contributed by atoms with E-state index >= 15 is 0 Å². The summed E-state index contributed by atoms with van der Waals surface area (Å²) in [5.74, 6) is -0.00194. The van der Waals surface area contributed by atoms with Crippen LogP contribution < -0.4 is 0 Å². The highest BCUT2D eigenvalue weighted by atomic mass is 19.4. The Morgan fingerprint density at radius 2 is 1.71 bits per heavy atom. The fraction of sp³-hybridized carbons (Fsp3) is 0.529. The van der Waals surface area contributed by atoms with Crippen molar-refractivity contribution >= 4 is 5.91 Å². The van der Waals surface area contributed by atoms with Crippen LogP contribution in [0.1, 0.15) is 33.9 Å². The maximum atomic E-state index is 13.2. The van der Waals surface area contributed by atoms with Gasteiger partial charge in [-0.25, -0.2) is 0 Å². The highest BCUT2D eigenvalue weighted by Crippen LogP contribution is 2.55. The number of hydrogen-bond donors (Lipinski definition) is 0. The molecule has 1 amide bonds. The van der Waals surface area contributed by atoms with E-state index in [1.807, 2.05) is 0 Å². The minimum Gasteiger partial charge on any atom is -0.360 e. The zero-order valence-corrected chi connectivity index (χ0v) is 15.2. The number of likely N-dealkylation sites (tertiary alicyclic amines) is 1.